The van der Waals surface area contributed by atoms with Gasteiger partial charge in [0.25, 0.3) is 5.91 Å². The lowest BCUT2D eigenvalue weighted by molar-refractivity contribution is 0.0885. The highest BCUT2D eigenvalue weighted by Crippen LogP contribution is 2.22. The third-order valence-corrected chi connectivity index (χ3v) is 4.46. The lowest BCUT2D eigenvalue weighted by Crippen LogP contribution is -2.39. The smallest absolute Gasteiger partial charge is 0.270 e. The number of nitrogens with one attached hydrogen (secondary N) is 1. The fourth-order valence-electron chi connectivity index (χ4n) is 2.57. The highest BCUT2D eigenvalue weighted by molar-refractivity contribution is 7.09. The predicted molar refractivity (Wildman–Crippen MR) is 83.0 cm³/mol. The highest BCUT2D eigenvalue weighted by atomic mass is 32.1. The lowest BCUT2D eigenvalue weighted by atomic mass is 9.93. The molecule has 22 heavy (non-hydrogen) atoms. The third kappa shape index (κ3) is 3.79. The summed E-state index contributed by atoms with van der Waals surface area (Å²) in [5.41, 5.74) is 0.514. The standard InChI is InChI=1S/C15H18N4O2S/c1-10-18-13(9-22-10)15(20)19-11-2-4-12(5-3-11)21-14-8-16-6-7-17-14/h6-9,11-12H,2-5H2,1H3,(H,19,20). The molecule has 0 aromatic carbocycles. The molecule has 7 heteroatoms. The van der Waals surface area contributed by atoms with Crippen LogP contribution in [0.4, 0.5) is 0 Å². The van der Waals surface area contributed by atoms with Gasteiger partial charge in [-0.1, -0.05) is 0 Å². The Kier molecular flexibility index (Phi) is 4.62. The molecule has 0 atom stereocenters. The van der Waals surface area contributed by atoms with Gasteiger partial charge in [0.15, 0.2) is 0 Å². The zero-order chi connectivity index (χ0) is 15.4. The number of thiazole rings is 1. The van der Waals surface area contributed by atoms with Crippen molar-refractivity contribution < 1.29 is 9.53 Å². The Bertz CT molecular complexity index is 623. The van der Waals surface area contributed by atoms with Crippen LogP contribution in [-0.4, -0.2) is 33.0 Å². The summed E-state index contributed by atoms with van der Waals surface area (Å²) in [4.78, 5) is 24.4. The number of nitrogens with zero attached hydrogens (tertiary/aromatic N) is 3. The summed E-state index contributed by atoms with van der Waals surface area (Å²) in [5.74, 6) is 0.482. The number of rotatable bonds is 4. The van der Waals surface area contributed by atoms with Crippen molar-refractivity contribution in [2.24, 2.45) is 0 Å². The molecular weight excluding hydrogens is 300 g/mol. The van der Waals surface area contributed by atoms with Gasteiger partial charge in [0, 0.05) is 23.8 Å². The van der Waals surface area contributed by atoms with Crippen LogP contribution in [-0.2, 0) is 0 Å². The van der Waals surface area contributed by atoms with E-state index >= 15 is 0 Å². The molecule has 116 valence electrons. The van der Waals surface area contributed by atoms with Gasteiger partial charge in [-0.15, -0.1) is 11.3 Å². The molecule has 1 fully saturated rings. The van der Waals surface area contributed by atoms with Gasteiger partial charge >= 0.3 is 0 Å². The first-order valence-electron chi connectivity index (χ1n) is 7.36. The van der Waals surface area contributed by atoms with E-state index in [0.29, 0.717) is 11.6 Å². The van der Waals surface area contributed by atoms with E-state index < -0.39 is 0 Å². The Balaban J connectivity index is 1.46. The van der Waals surface area contributed by atoms with Gasteiger partial charge in [-0.2, -0.15) is 0 Å². The minimum atomic E-state index is -0.0809. The molecule has 0 spiro atoms. The van der Waals surface area contributed by atoms with Crippen molar-refractivity contribution in [3.63, 3.8) is 0 Å². The van der Waals surface area contributed by atoms with Crippen molar-refractivity contribution in [1.82, 2.24) is 20.3 Å². The van der Waals surface area contributed by atoms with Crippen LogP contribution in [0.25, 0.3) is 0 Å². The van der Waals surface area contributed by atoms with E-state index in [1.807, 2.05) is 6.92 Å². The predicted octanol–water partition coefficient (Wildman–Crippen LogP) is 2.36. The van der Waals surface area contributed by atoms with Gasteiger partial charge in [-0.3, -0.25) is 9.78 Å². The summed E-state index contributed by atoms with van der Waals surface area (Å²) in [6, 6.07) is 0.191. The van der Waals surface area contributed by atoms with E-state index in [9.17, 15) is 4.79 Å². The van der Waals surface area contributed by atoms with Crippen LogP contribution in [0, 0.1) is 6.92 Å². The van der Waals surface area contributed by atoms with E-state index in [4.69, 9.17) is 4.74 Å². The first-order valence-corrected chi connectivity index (χ1v) is 8.24. The Morgan fingerprint density at radius 3 is 2.77 bits per heavy atom. The minimum absolute atomic E-state index is 0.0809. The van der Waals surface area contributed by atoms with Crippen LogP contribution in [0.2, 0.25) is 0 Å². The van der Waals surface area contributed by atoms with E-state index in [2.05, 4.69) is 20.3 Å². The topological polar surface area (TPSA) is 77.0 Å². The molecule has 6 nitrogen and oxygen atoms in total. The third-order valence-electron chi connectivity index (χ3n) is 3.69. The quantitative estimate of drug-likeness (QED) is 0.936. The largest absolute Gasteiger partial charge is 0.473 e. The molecule has 0 saturated heterocycles. The summed E-state index contributed by atoms with van der Waals surface area (Å²) >= 11 is 1.49. The number of amides is 1. The van der Waals surface area contributed by atoms with Crippen molar-refractivity contribution in [3.05, 3.63) is 34.7 Å². The molecule has 0 aliphatic heterocycles. The summed E-state index contributed by atoms with van der Waals surface area (Å²) in [6.07, 6.45) is 8.62. The van der Waals surface area contributed by atoms with Crippen LogP contribution in [0.5, 0.6) is 5.88 Å². The Labute approximate surface area is 133 Å². The van der Waals surface area contributed by atoms with Gasteiger partial charge in [0.2, 0.25) is 5.88 Å². The van der Waals surface area contributed by atoms with Crippen molar-refractivity contribution in [2.75, 3.05) is 0 Å². The maximum atomic E-state index is 12.1. The zero-order valence-corrected chi connectivity index (χ0v) is 13.2. The summed E-state index contributed by atoms with van der Waals surface area (Å²) in [5, 5.41) is 5.76. The molecule has 2 heterocycles. The number of aromatic nitrogens is 3. The van der Waals surface area contributed by atoms with Gasteiger partial charge in [0.05, 0.1) is 11.2 Å². The average molecular weight is 318 g/mol. The number of carbonyl (C=O) groups is 1. The maximum absolute atomic E-state index is 12.1. The number of carbonyl (C=O) groups excluding carboxylic acids is 1. The van der Waals surface area contributed by atoms with Gasteiger partial charge in [-0.05, 0) is 32.6 Å². The number of aryl methyl sites for hydroxylation is 1. The molecule has 0 radical (unpaired) electrons. The van der Waals surface area contributed by atoms with Crippen LogP contribution in [0.3, 0.4) is 0 Å². The monoisotopic (exact) mass is 318 g/mol. The van der Waals surface area contributed by atoms with Crippen LogP contribution >= 0.6 is 11.3 Å². The number of hydrogen-bond donors (Lipinski definition) is 1. The van der Waals surface area contributed by atoms with E-state index in [1.165, 1.54) is 11.3 Å². The SMILES string of the molecule is Cc1nc(C(=O)NC2CCC(Oc3cnccn3)CC2)cs1. The number of hydrogen-bond acceptors (Lipinski definition) is 6. The van der Waals surface area contributed by atoms with Crippen molar-refractivity contribution >= 4 is 17.2 Å². The van der Waals surface area contributed by atoms with Gasteiger partial charge < -0.3 is 10.1 Å². The van der Waals surface area contributed by atoms with Crippen LogP contribution < -0.4 is 10.1 Å². The molecule has 1 saturated carbocycles. The van der Waals surface area contributed by atoms with Crippen molar-refractivity contribution in [1.29, 1.82) is 0 Å². The summed E-state index contributed by atoms with van der Waals surface area (Å²) in [6.45, 7) is 1.90. The Hall–Kier alpha value is -2.02. The summed E-state index contributed by atoms with van der Waals surface area (Å²) in [7, 11) is 0. The van der Waals surface area contributed by atoms with Crippen molar-refractivity contribution in [2.45, 2.75) is 44.8 Å². The zero-order valence-electron chi connectivity index (χ0n) is 12.4. The Morgan fingerprint density at radius 2 is 2.14 bits per heavy atom. The van der Waals surface area contributed by atoms with E-state index in [-0.39, 0.29) is 18.1 Å². The molecule has 2 aromatic heterocycles. The second-order valence-corrected chi connectivity index (χ2v) is 6.42. The average Bonchev–Trinajstić information content (AvgIpc) is 2.97. The first kappa shape index (κ1) is 14.9. The molecule has 2 aromatic rings. The molecular formula is C15H18N4O2S. The fraction of sp³-hybridized carbons (Fsp3) is 0.467. The number of ether oxygens (including phenoxy) is 1. The minimum Gasteiger partial charge on any atom is -0.473 e. The molecule has 3 rings (SSSR count). The second kappa shape index (κ2) is 6.83. The molecule has 1 aliphatic carbocycles. The maximum Gasteiger partial charge on any atom is 0.270 e. The van der Waals surface area contributed by atoms with E-state index in [0.717, 1.165) is 30.7 Å². The van der Waals surface area contributed by atoms with Crippen molar-refractivity contribution in [3.8, 4) is 5.88 Å². The summed E-state index contributed by atoms with van der Waals surface area (Å²) < 4.78 is 5.80. The molecule has 1 amide bonds. The highest BCUT2D eigenvalue weighted by Gasteiger charge is 2.24. The normalized spacial score (nSPS) is 21.3. The molecule has 1 N–H and O–H groups in total. The van der Waals surface area contributed by atoms with Gasteiger partial charge in [-0.25, -0.2) is 9.97 Å². The second-order valence-electron chi connectivity index (χ2n) is 5.36. The van der Waals surface area contributed by atoms with Crippen LogP contribution in [0.1, 0.15) is 41.2 Å². The van der Waals surface area contributed by atoms with Crippen LogP contribution in [0.15, 0.2) is 24.0 Å². The molecule has 0 bridgehead atoms. The fourth-order valence-corrected chi connectivity index (χ4v) is 3.16. The lowest BCUT2D eigenvalue weighted by Gasteiger charge is -2.28. The molecule has 0 unspecified atom stereocenters. The first-order chi connectivity index (χ1) is 10.7. The Morgan fingerprint density at radius 1 is 1.32 bits per heavy atom. The van der Waals surface area contributed by atoms with Gasteiger partial charge in [0.1, 0.15) is 11.8 Å². The van der Waals surface area contributed by atoms with E-state index in [1.54, 1.807) is 24.0 Å². The molecule has 1 aliphatic rings.